The maximum Gasteiger partial charge on any atom is 0.261 e. The number of anilines is 5. The number of aryl methyl sites for hydroxylation is 3. The van der Waals surface area contributed by atoms with Crippen LogP contribution in [0.15, 0.2) is 77.7 Å². The van der Waals surface area contributed by atoms with Gasteiger partial charge in [-0.05, 0) is 87.4 Å². The molecule has 0 radical (unpaired) electrons. The van der Waals surface area contributed by atoms with Crippen LogP contribution in [0.25, 0.3) is 0 Å². The van der Waals surface area contributed by atoms with E-state index in [1.807, 2.05) is 64.1 Å². The molecule has 0 spiro atoms. The fourth-order valence-corrected chi connectivity index (χ4v) is 4.99. The quantitative estimate of drug-likeness (QED) is 0.254. The summed E-state index contributed by atoms with van der Waals surface area (Å²) in [6, 6.07) is 21.8. The third kappa shape index (κ3) is 6.11. The summed E-state index contributed by atoms with van der Waals surface area (Å²) in [6.07, 6.45) is 0. The number of para-hydroxylation sites is 1. The van der Waals surface area contributed by atoms with Crippen molar-refractivity contribution in [1.29, 1.82) is 0 Å². The number of sulfonamides is 1. The summed E-state index contributed by atoms with van der Waals surface area (Å²) in [5.74, 6) is 1.82. The van der Waals surface area contributed by atoms with Gasteiger partial charge >= 0.3 is 0 Å². The van der Waals surface area contributed by atoms with Crippen molar-refractivity contribution >= 4 is 38.9 Å². The zero-order valence-electron chi connectivity index (χ0n) is 20.7. The van der Waals surface area contributed by atoms with Crippen molar-refractivity contribution in [1.82, 2.24) is 9.97 Å². The molecule has 0 bridgehead atoms. The van der Waals surface area contributed by atoms with E-state index < -0.39 is 10.0 Å². The largest absolute Gasteiger partial charge is 0.493 e. The maximum absolute atomic E-state index is 13.0. The zero-order chi connectivity index (χ0) is 25.7. The third-order valence-electron chi connectivity index (χ3n) is 5.33. The summed E-state index contributed by atoms with van der Waals surface area (Å²) in [6.45, 7) is 7.99. The first-order valence-electron chi connectivity index (χ1n) is 11.6. The Kier molecular flexibility index (Phi) is 7.40. The Morgan fingerprint density at radius 3 is 2.03 bits per heavy atom. The highest BCUT2D eigenvalue weighted by atomic mass is 32.2. The second-order valence-electron chi connectivity index (χ2n) is 8.34. The van der Waals surface area contributed by atoms with E-state index in [-0.39, 0.29) is 4.90 Å². The minimum Gasteiger partial charge on any atom is -0.493 e. The van der Waals surface area contributed by atoms with Crippen molar-refractivity contribution in [3.05, 3.63) is 89.6 Å². The van der Waals surface area contributed by atoms with Crippen LogP contribution in [0.5, 0.6) is 5.75 Å². The van der Waals surface area contributed by atoms with Gasteiger partial charge in [0.2, 0.25) is 5.95 Å². The third-order valence-corrected chi connectivity index (χ3v) is 6.69. The molecule has 0 amide bonds. The molecule has 0 unspecified atom stereocenters. The predicted octanol–water partition coefficient (Wildman–Crippen LogP) is 6.09. The maximum atomic E-state index is 13.0. The van der Waals surface area contributed by atoms with Crippen LogP contribution in [-0.4, -0.2) is 25.0 Å². The standard InChI is InChI=1S/C27H29N5O3S/c1-5-35-26-18(2)15-24(16-19(26)3)36(33,34)32-23-13-11-22(12-14-23)30-27-28-20(4)17-25(31-27)29-21-9-7-6-8-10-21/h6-17,32H,5H2,1-4H3,(H2,28,29,30,31). The van der Waals surface area contributed by atoms with Gasteiger partial charge in [-0.3, -0.25) is 4.72 Å². The van der Waals surface area contributed by atoms with Gasteiger partial charge in [-0.1, -0.05) is 18.2 Å². The lowest BCUT2D eigenvalue weighted by Gasteiger charge is -2.14. The van der Waals surface area contributed by atoms with E-state index in [9.17, 15) is 8.42 Å². The summed E-state index contributed by atoms with van der Waals surface area (Å²) >= 11 is 0. The van der Waals surface area contributed by atoms with Crippen LogP contribution in [0.1, 0.15) is 23.7 Å². The highest BCUT2D eigenvalue weighted by Gasteiger charge is 2.18. The number of benzene rings is 3. The highest BCUT2D eigenvalue weighted by Crippen LogP contribution is 2.28. The normalized spacial score (nSPS) is 11.1. The molecule has 3 aromatic carbocycles. The lowest BCUT2D eigenvalue weighted by molar-refractivity contribution is 0.335. The van der Waals surface area contributed by atoms with Gasteiger partial charge in [0.05, 0.1) is 11.5 Å². The molecule has 3 N–H and O–H groups in total. The van der Waals surface area contributed by atoms with Gasteiger partial charge in [0.1, 0.15) is 11.6 Å². The first-order valence-corrected chi connectivity index (χ1v) is 13.0. The molecule has 0 aliphatic heterocycles. The van der Waals surface area contributed by atoms with E-state index in [1.54, 1.807) is 36.4 Å². The Morgan fingerprint density at radius 2 is 1.39 bits per heavy atom. The Bertz CT molecular complexity index is 1430. The van der Waals surface area contributed by atoms with E-state index in [0.29, 0.717) is 29.8 Å². The molecule has 36 heavy (non-hydrogen) atoms. The fourth-order valence-electron chi connectivity index (χ4n) is 3.76. The second kappa shape index (κ2) is 10.7. The van der Waals surface area contributed by atoms with Gasteiger partial charge in [0.15, 0.2) is 0 Å². The van der Waals surface area contributed by atoms with Gasteiger partial charge in [-0.2, -0.15) is 4.98 Å². The van der Waals surface area contributed by atoms with Crippen molar-refractivity contribution in [2.24, 2.45) is 0 Å². The van der Waals surface area contributed by atoms with Gasteiger partial charge < -0.3 is 15.4 Å². The zero-order valence-corrected chi connectivity index (χ0v) is 21.5. The van der Waals surface area contributed by atoms with Crippen LogP contribution in [0, 0.1) is 20.8 Å². The summed E-state index contributed by atoms with van der Waals surface area (Å²) in [4.78, 5) is 9.16. The summed E-state index contributed by atoms with van der Waals surface area (Å²) in [5, 5.41) is 6.44. The number of hydrogen-bond donors (Lipinski definition) is 3. The number of nitrogens with zero attached hydrogens (tertiary/aromatic N) is 2. The molecule has 1 heterocycles. The topological polar surface area (TPSA) is 105 Å². The molecule has 1 aromatic heterocycles. The molecule has 0 saturated heterocycles. The van der Waals surface area contributed by atoms with Crippen LogP contribution in [0.4, 0.5) is 28.8 Å². The molecule has 0 atom stereocenters. The van der Waals surface area contributed by atoms with Crippen LogP contribution >= 0.6 is 0 Å². The monoisotopic (exact) mass is 503 g/mol. The number of hydrogen-bond acceptors (Lipinski definition) is 7. The number of ether oxygens (including phenoxy) is 1. The van der Waals surface area contributed by atoms with E-state index in [2.05, 4.69) is 25.3 Å². The predicted molar refractivity (Wildman–Crippen MR) is 144 cm³/mol. The SMILES string of the molecule is CCOc1c(C)cc(S(=O)(=O)Nc2ccc(Nc3nc(C)cc(Nc4ccccc4)n3)cc2)cc1C. The Hall–Kier alpha value is -4.11. The summed E-state index contributed by atoms with van der Waals surface area (Å²) in [5.41, 5.74) is 4.45. The van der Waals surface area contributed by atoms with Crippen molar-refractivity contribution in [3.63, 3.8) is 0 Å². The molecule has 0 aliphatic carbocycles. The van der Waals surface area contributed by atoms with Crippen LogP contribution < -0.4 is 20.1 Å². The Morgan fingerprint density at radius 1 is 0.778 bits per heavy atom. The van der Waals surface area contributed by atoms with Gasteiger partial charge in [-0.25, -0.2) is 13.4 Å². The van der Waals surface area contributed by atoms with Gasteiger partial charge in [0.25, 0.3) is 10.0 Å². The van der Waals surface area contributed by atoms with Crippen molar-refractivity contribution < 1.29 is 13.2 Å². The van der Waals surface area contributed by atoms with Crippen LogP contribution in [0.3, 0.4) is 0 Å². The summed E-state index contributed by atoms with van der Waals surface area (Å²) < 4.78 is 34.2. The first-order chi connectivity index (χ1) is 17.2. The van der Waals surface area contributed by atoms with Crippen LogP contribution in [-0.2, 0) is 10.0 Å². The Balaban J connectivity index is 1.47. The molecule has 186 valence electrons. The first kappa shape index (κ1) is 25.0. The average molecular weight is 504 g/mol. The number of nitrogens with one attached hydrogen (secondary N) is 3. The molecule has 4 rings (SSSR count). The molecular weight excluding hydrogens is 474 g/mol. The summed E-state index contributed by atoms with van der Waals surface area (Å²) in [7, 11) is -3.76. The fraction of sp³-hybridized carbons (Fsp3) is 0.185. The molecule has 4 aromatic rings. The highest BCUT2D eigenvalue weighted by molar-refractivity contribution is 7.92. The van der Waals surface area contributed by atoms with Crippen molar-refractivity contribution in [2.75, 3.05) is 22.0 Å². The lowest BCUT2D eigenvalue weighted by Crippen LogP contribution is -2.14. The van der Waals surface area contributed by atoms with E-state index >= 15 is 0 Å². The van der Waals surface area contributed by atoms with E-state index in [0.717, 1.165) is 28.2 Å². The second-order valence-corrected chi connectivity index (χ2v) is 10.0. The minimum atomic E-state index is -3.76. The molecule has 0 saturated carbocycles. The molecule has 9 heteroatoms. The number of rotatable bonds is 9. The van der Waals surface area contributed by atoms with Gasteiger partial charge in [-0.15, -0.1) is 0 Å². The molecule has 0 fully saturated rings. The molecule has 0 aliphatic rings. The lowest BCUT2D eigenvalue weighted by atomic mass is 10.1. The van der Waals surface area contributed by atoms with Crippen molar-refractivity contribution in [2.45, 2.75) is 32.6 Å². The van der Waals surface area contributed by atoms with Crippen LogP contribution in [0.2, 0.25) is 0 Å². The minimum absolute atomic E-state index is 0.190. The van der Waals surface area contributed by atoms with Gasteiger partial charge in [0, 0.05) is 28.8 Å². The number of aromatic nitrogens is 2. The average Bonchev–Trinajstić information content (AvgIpc) is 2.82. The molecular formula is C27H29N5O3S. The Labute approximate surface area is 211 Å². The van der Waals surface area contributed by atoms with E-state index in [1.165, 1.54) is 0 Å². The van der Waals surface area contributed by atoms with E-state index in [4.69, 9.17) is 4.74 Å². The van der Waals surface area contributed by atoms with Crippen molar-refractivity contribution in [3.8, 4) is 5.75 Å². The smallest absolute Gasteiger partial charge is 0.261 e. The molecule has 8 nitrogen and oxygen atoms in total.